The Morgan fingerprint density at radius 3 is 1.75 bits per heavy atom. The van der Waals surface area contributed by atoms with Crippen molar-refractivity contribution in [1.82, 2.24) is 4.90 Å². The molecule has 0 saturated carbocycles. The van der Waals surface area contributed by atoms with Gasteiger partial charge in [-0.3, -0.25) is 4.79 Å². The van der Waals surface area contributed by atoms with E-state index in [0.717, 1.165) is 70.9 Å². The molecule has 2 N–H and O–H groups in total. The molecule has 0 aromatic rings. The number of nitrogens with zero attached hydrogens (tertiary/aromatic N) is 1. The highest BCUT2D eigenvalue weighted by Gasteiger charge is 2.15. The quantitative estimate of drug-likeness (QED) is 0.0478. The molecule has 0 fully saturated rings. The molecule has 0 aliphatic rings. The van der Waals surface area contributed by atoms with Crippen molar-refractivity contribution in [3.8, 4) is 0 Å². The van der Waals surface area contributed by atoms with Crippen LogP contribution in [-0.2, 0) is 14.3 Å². The van der Waals surface area contributed by atoms with Crippen molar-refractivity contribution in [2.75, 3.05) is 32.8 Å². The summed E-state index contributed by atoms with van der Waals surface area (Å²) in [5.41, 5.74) is 0. The van der Waals surface area contributed by atoms with Gasteiger partial charge in [0.05, 0.1) is 19.3 Å². The van der Waals surface area contributed by atoms with Crippen molar-refractivity contribution in [3.63, 3.8) is 0 Å². The summed E-state index contributed by atoms with van der Waals surface area (Å²) in [6.07, 6.45) is 25.0. The lowest BCUT2D eigenvalue weighted by Gasteiger charge is -2.24. The number of carbonyl (C=O) groups is 1. The van der Waals surface area contributed by atoms with Gasteiger partial charge >= 0.3 is 5.97 Å². The minimum atomic E-state index is -0.704. The highest BCUT2D eigenvalue weighted by molar-refractivity contribution is 5.69. The van der Waals surface area contributed by atoms with Crippen molar-refractivity contribution < 1.29 is 24.5 Å². The number of esters is 1. The fourth-order valence-corrected chi connectivity index (χ4v) is 5.23. The van der Waals surface area contributed by atoms with Gasteiger partial charge in [-0.25, -0.2) is 0 Å². The molecule has 0 rings (SSSR count). The molecule has 0 aliphatic carbocycles. The number of aliphatic hydroxyl groups is 2. The molecule has 40 heavy (non-hydrogen) atoms. The lowest BCUT2D eigenvalue weighted by atomic mass is 10.0. The summed E-state index contributed by atoms with van der Waals surface area (Å²) in [5.74, 6) is -0.0800. The zero-order valence-corrected chi connectivity index (χ0v) is 27.0. The molecule has 0 radical (unpaired) electrons. The standard InChI is InChI=1S/C34H69NO5/c1-4-7-10-12-14-17-23-32(24-18-15-13-11-8-5-2)40-34(38)26-22-28-35(29-30-36)27-20-16-19-25-33(37)39-31-21-9-6-3/h32,34,36,38H,4-31H2,1-3H3. The first-order chi connectivity index (χ1) is 19.6. The fourth-order valence-electron chi connectivity index (χ4n) is 5.23. The smallest absolute Gasteiger partial charge is 0.305 e. The molecule has 6 heteroatoms. The predicted octanol–water partition coefficient (Wildman–Crippen LogP) is 8.56. The predicted molar refractivity (Wildman–Crippen MR) is 169 cm³/mol. The van der Waals surface area contributed by atoms with Crippen LogP contribution in [0.3, 0.4) is 0 Å². The summed E-state index contributed by atoms with van der Waals surface area (Å²) in [6.45, 7) is 9.74. The summed E-state index contributed by atoms with van der Waals surface area (Å²) >= 11 is 0. The van der Waals surface area contributed by atoms with Crippen LogP contribution in [0.25, 0.3) is 0 Å². The van der Waals surface area contributed by atoms with E-state index in [0.29, 0.717) is 26.0 Å². The first-order valence-electron chi connectivity index (χ1n) is 17.4. The summed E-state index contributed by atoms with van der Waals surface area (Å²) in [6, 6.07) is 0. The van der Waals surface area contributed by atoms with Gasteiger partial charge in [0.25, 0.3) is 0 Å². The van der Waals surface area contributed by atoms with E-state index in [1.54, 1.807) is 0 Å². The molecule has 6 nitrogen and oxygen atoms in total. The SMILES string of the molecule is CCCCCCCCC(CCCCCCCC)OC(O)CCCN(CCO)CCCCCC(=O)OCCCCC. The van der Waals surface area contributed by atoms with Gasteiger partial charge in [-0.1, -0.05) is 117 Å². The molecule has 0 saturated heterocycles. The fraction of sp³-hybridized carbons (Fsp3) is 0.971. The van der Waals surface area contributed by atoms with E-state index in [1.165, 1.54) is 77.0 Å². The van der Waals surface area contributed by atoms with E-state index in [9.17, 15) is 15.0 Å². The number of carbonyl (C=O) groups excluding carboxylic acids is 1. The molecule has 0 heterocycles. The highest BCUT2D eigenvalue weighted by atomic mass is 16.6. The van der Waals surface area contributed by atoms with Gasteiger partial charge in [0.2, 0.25) is 0 Å². The maximum Gasteiger partial charge on any atom is 0.305 e. The van der Waals surface area contributed by atoms with Crippen molar-refractivity contribution in [1.29, 1.82) is 0 Å². The minimum Gasteiger partial charge on any atom is -0.466 e. The number of rotatable bonds is 32. The Morgan fingerprint density at radius 1 is 0.625 bits per heavy atom. The van der Waals surface area contributed by atoms with Crippen LogP contribution in [-0.4, -0.2) is 66.3 Å². The van der Waals surface area contributed by atoms with E-state index in [4.69, 9.17) is 9.47 Å². The number of hydrogen-bond acceptors (Lipinski definition) is 6. The van der Waals surface area contributed by atoms with Crippen LogP contribution in [0.5, 0.6) is 0 Å². The van der Waals surface area contributed by atoms with Crippen molar-refractivity contribution >= 4 is 5.97 Å². The van der Waals surface area contributed by atoms with Crippen LogP contribution < -0.4 is 0 Å². The molecule has 0 amide bonds. The molecule has 0 spiro atoms. The van der Waals surface area contributed by atoms with Crippen molar-refractivity contribution in [3.05, 3.63) is 0 Å². The molecule has 240 valence electrons. The maximum absolute atomic E-state index is 11.8. The summed E-state index contributed by atoms with van der Waals surface area (Å²) in [7, 11) is 0. The molecular weight excluding hydrogens is 502 g/mol. The summed E-state index contributed by atoms with van der Waals surface area (Å²) in [4.78, 5) is 14.1. The van der Waals surface area contributed by atoms with Crippen LogP contribution in [0.1, 0.15) is 168 Å². The lowest BCUT2D eigenvalue weighted by molar-refractivity contribution is -0.144. The highest BCUT2D eigenvalue weighted by Crippen LogP contribution is 2.19. The second-order valence-corrected chi connectivity index (χ2v) is 11.8. The second kappa shape index (κ2) is 31.3. The van der Waals surface area contributed by atoms with Gasteiger partial charge in [0.15, 0.2) is 6.29 Å². The van der Waals surface area contributed by atoms with Gasteiger partial charge in [-0.15, -0.1) is 0 Å². The van der Waals surface area contributed by atoms with E-state index in [2.05, 4.69) is 25.7 Å². The minimum absolute atomic E-state index is 0.0800. The molecule has 0 aromatic carbocycles. The summed E-state index contributed by atoms with van der Waals surface area (Å²) in [5, 5.41) is 20.1. The maximum atomic E-state index is 11.8. The number of ether oxygens (including phenoxy) is 2. The molecule has 0 bridgehead atoms. The number of unbranched alkanes of at least 4 members (excludes halogenated alkanes) is 14. The van der Waals surface area contributed by atoms with E-state index >= 15 is 0 Å². The van der Waals surface area contributed by atoms with Gasteiger partial charge in [-0.2, -0.15) is 0 Å². The zero-order valence-electron chi connectivity index (χ0n) is 27.0. The largest absolute Gasteiger partial charge is 0.466 e. The van der Waals surface area contributed by atoms with E-state index < -0.39 is 6.29 Å². The van der Waals surface area contributed by atoms with Gasteiger partial charge in [0, 0.05) is 13.0 Å². The van der Waals surface area contributed by atoms with Crippen LogP contribution >= 0.6 is 0 Å². The Hall–Kier alpha value is -0.690. The topological polar surface area (TPSA) is 79.2 Å². The Labute approximate surface area is 249 Å². The molecule has 0 aromatic heterocycles. The lowest BCUT2D eigenvalue weighted by Crippen LogP contribution is -2.30. The third kappa shape index (κ3) is 27.5. The van der Waals surface area contributed by atoms with Crippen molar-refractivity contribution in [2.45, 2.75) is 181 Å². The monoisotopic (exact) mass is 572 g/mol. The van der Waals surface area contributed by atoms with Crippen molar-refractivity contribution in [2.24, 2.45) is 0 Å². The van der Waals surface area contributed by atoms with Crippen LogP contribution in [0, 0.1) is 0 Å². The molecular formula is C34H69NO5. The average Bonchev–Trinajstić information content (AvgIpc) is 2.94. The first-order valence-corrected chi connectivity index (χ1v) is 17.4. The van der Waals surface area contributed by atoms with E-state index in [1.807, 2.05) is 0 Å². The zero-order chi connectivity index (χ0) is 29.5. The number of hydrogen-bond donors (Lipinski definition) is 2. The van der Waals surface area contributed by atoms with E-state index in [-0.39, 0.29) is 18.7 Å². The normalized spacial score (nSPS) is 12.5. The Morgan fingerprint density at radius 2 is 1.15 bits per heavy atom. The second-order valence-electron chi connectivity index (χ2n) is 11.8. The number of aliphatic hydroxyl groups excluding tert-OH is 2. The summed E-state index contributed by atoms with van der Waals surface area (Å²) < 4.78 is 11.4. The van der Waals surface area contributed by atoms with Crippen LogP contribution in [0.2, 0.25) is 0 Å². The average molecular weight is 572 g/mol. The first kappa shape index (κ1) is 39.3. The molecule has 1 unspecified atom stereocenters. The molecule has 0 aliphatic heterocycles. The third-order valence-corrected chi connectivity index (χ3v) is 7.82. The van der Waals surface area contributed by atoms with Crippen LogP contribution in [0.15, 0.2) is 0 Å². The molecule has 1 atom stereocenters. The van der Waals surface area contributed by atoms with Crippen LogP contribution in [0.4, 0.5) is 0 Å². The third-order valence-electron chi connectivity index (χ3n) is 7.82. The van der Waals surface area contributed by atoms with Gasteiger partial charge in [-0.05, 0) is 58.0 Å². The Kier molecular flexibility index (Phi) is 30.7. The Bertz CT molecular complexity index is 503. The van der Waals surface area contributed by atoms with Gasteiger partial charge < -0.3 is 24.6 Å². The van der Waals surface area contributed by atoms with Gasteiger partial charge in [0.1, 0.15) is 0 Å². The Balaban J connectivity index is 4.24.